The molecule has 2 rings (SSSR count). The van der Waals surface area contributed by atoms with Gasteiger partial charge in [0.2, 0.25) is 0 Å². The van der Waals surface area contributed by atoms with Crippen LogP contribution in [-0.2, 0) is 7.05 Å². The van der Waals surface area contributed by atoms with E-state index in [0.717, 1.165) is 12.8 Å². The summed E-state index contributed by atoms with van der Waals surface area (Å²) in [4.78, 5) is 18.0. The van der Waals surface area contributed by atoms with Gasteiger partial charge in [0, 0.05) is 32.0 Å². The SMILES string of the molecule is Cn1ccnc(N(CCC#N)C2CC2)c1=O. The standard InChI is InChI=1S/C11H14N4O/c1-14-8-6-13-10(11(14)16)15(7-2-5-12)9-3-4-9/h6,8-9H,2-4,7H2,1H3. The van der Waals surface area contributed by atoms with E-state index < -0.39 is 0 Å². The molecular weight excluding hydrogens is 204 g/mol. The molecule has 0 radical (unpaired) electrons. The predicted molar refractivity (Wildman–Crippen MR) is 60.1 cm³/mol. The molecule has 1 aliphatic rings. The Morgan fingerprint density at radius 3 is 3.06 bits per heavy atom. The van der Waals surface area contributed by atoms with Crippen molar-refractivity contribution in [1.82, 2.24) is 9.55 Å². The van der Waals surface area contributed by atoms with E-state index in [1.807, 2.05) is 4.90 Å². The average Bonchev–Trinajstić information content (AvgIpc) is 3.08. The highest BCUT2D eigenvalue weighted by Crippen LogP contribution is 2.28. The molecule has 1 aromatic rings. The third-order valence-corrected chi connectivity index (χ3v) is 2.72. The zero-order valence-corrected chi connectivity index (χ0v) is 9.26. The zero-order valence-electron chi connectivity index (χ0n) is 9.26. The van der Waals surface area contributed by atoms with Crippen molar-refractivity contribution in [3.8, 4) is 6.07 Å². The second-order valence-electron chi connectivity index (χ2n) is 4.00. The predicted octanol–water partition coefficient (Wildman–Crippen LogP) is 0.663. The van der Waals surface area contributed by atoms with Crippen molar-refractivity contribution < 1.29 is 0 Å². The maximum Gasteiger partial charge on any atom is 0.293 e. The van der Waals surface area contributed by atoms with Crippen molar-refractivity contribution in [2.24, 2.45) is 7.05 Å². The molecule has 1 heterocycles. The molecule has 1 aromatic heterocycles. The molecule has 16 heavy (non-hydrogen) atoms. The molecule has 0 unspecified atom stereocenters. The fraction of sp³-hybridized carbons (Fsp3) is 0.545. The van der Waals surface area contributed by atoms with Gasteiger partial charge >= 0.3 is 0 Å². The van der Waals surface area contributed by atoms with Crippen molar-refractivity contribution in [3.05, 3.63) is 22.7 Å². The van der Waals surface area contributed by atoms with Crippen LogP contribution in [0.3, 0.4) is 0 Å². The van der Waals surface area contributed by atoms with E-state index in [-0.39, 0.29) is 5.56 Å². The molecular formula is C11H14N4O. The van der Waals surface area contributed by atoms with Crippen molar-refractivity contribution in [1.29, 1.82) is 5.26 Å². The van der Waals surface area contributed by atoms with Gasteiger partial charge in [-0.15, -0.1) is 0 Å². The second-order valence-corrected chi connectivity index (χ2v) is 4.00. The average molecular weight is 218 g/mol. The minimum atomic E-state index is -0.0904. The molecule has 1 saturated carbocycles. The summed E-state index contributed by atoms with van der Waals surface area (Å²) in [5, 5.41) is 8.61. The summed E-state index contributed by atoms with van der Waals surface area (Å²) in [7, 11) is 1.71. The number of anilines is 1. The molecule has 0 aliphatic heterocycles. The minimum absolute atomic E-state index is 0.0904. The summed E-state index contributed by atoms with van der Waals surface area (Å²) in [6, 6.07) is 2.51. The van der Waals surface area contributed by atoms with E-state index in [1.54, 1.807) is 19.4 Å². The van der Waals surface area contributed by atoms with Crippen LogP contribution in [0.5, 0.6) is 0 Å². The summed E-state index contributed by atoms with van der Waals surface area (Å²) < 4.78 is 1.52. The molecule has 1 aliphatic carbocycles. The highest BCUT2D eigenvalue weighted by molar-refractivity contribution is 5.39. The smallest absolute Gasteiger partial charge is 0.293 e. The Bertz CT molecular complexity index is 470. The largest absolute Gasteiger partial charge is 0.348 e. The number of hydrogen-bond acceptors (Lipinski definition) is 4. The van der Waals surface area contributed by atoms with Crippen LogP contribution >= 0.6 is 0 Å². The van der Waals surface area contributed by atoms with Crippen molar-refractivity contribution in [2.45, 2.75) is 25.3 Å². The van der Waals surface area contributed by atoms with E-state index in [4.69, 9.17) is 5.26 Å². The summed E-state index contributed by atoms with van der Waals surface area (Å²) in [5.41, 5.74) is -0.0904. The summed E-state index contributed by atoms with van der Waals surface area (Å²) in [6.07, 6.45) is 5.87. The maximum absolute atomic E-state index is 11.9. The zero-order chi connectivity index (χ0) is 11.5. The van der Waals surface area contributed by atoms with Crippen LogP contribution in [0.15, 0.2) is 17.2 Å². The molecule has 84 valence electrons. The lowest BCUT2D eigenvalue weighted by atomic mass is 10.4. The molecule has 0 saturated heterocycles. The first-order valence-electron chi connectivity index (χ1n) is 5.39. The van der Waals surface area contributed by atoms with Gasteiger partial charge in [-0.1, -0.05) is 0 Å². The van der Waals surface area contributed by atoms with Gasteiger partial charge in [0.15, 0.2) is 5.82 Å². The van der Waals surface area contributed by atoms with Crippen LogP contribution in [0, 0.1) is 11.3 Å². The lowest BCUT2D eigenvalue weighted by Gasteiger charge is -2.21. The quantitative estimate of drug-likeness (QED) is 0.745. The van der Waals surface area contributed by atoms with Crippen LogP contribution in [0.2, 0.25) is 0 Å². The lowest BCUT2D eigenvalue weighted by molar-refractivity contribution is 0.744. The van der Waals surface area contributed by atoms with E-state index >= 15 is 0 Å². The van der Waals surface area contributed by atoms with Crippen LogP contribution < -0.4 is 10.5 Å². The van der Waals surface area contributed by atoms with Gasteiger partial charge < -0.3 is 9.47 Å². The van der Waals surface area contributed by atoms with E-state index in [0.29, 0.717) is 24.8 Å². The molecule has 0 N–H and O–H groups in total. The highest BCUT2D eigenvalue weighted by Gasteiger charge is 2.31. The topological polar surface area (TPSA) is 61.9 Å². The number of rotatable bonds is 4. The van der Waals surface area contributed by atoms with Crippen molar-refractivity contribution in [3.63, 3.8) is 0 Å². The fourth-order valence-corrected chi connectivity index (χ4v) is 1.70. The first-order valence-corrected chi connectivity index (χ1v) is 5.39. The van der Waals surface area contributed by atoms with Crippen LogP contribution in [0.4, 0.5) is 5.82 Å². The second kappa shape index (κ2) is 4.35. The normalized spacial score (nSPS) is 14.5. The first kappa shape index (κ1) is 10.7. The first-order chi connectivity index (χ1) is 7.74. The summed E-state index contributed by atoms with van der Waals surface area (Å²) in [6.45, 7) is 0.591. The van der Waals surface area contributed by atoms with Crippen LogP contribution in [-0.4, -0.2) is 22.1 Å². The minimum Gasteiger partial charge on any atom is -0.348 e. The summed E-state index contributed by atoms with van der Waals surface area (Å²) >= 11 is 0. The van der Waals surface area contributed by atoms with Crippen molar-refractivity contribution in [2.75, 3.05) is 11.4 Å². The Labute approximate surface area is 93.9 Å². The molecule has 5 heteroatoms. The number of aryl methyl sites for hydroxylation is 1. The Hall–Kier alpha value is -1.83. The third-order valence-electron chi connectivity index (χ3n) is 2.72. The molecule has 5 nitrogen and oxygen atoms in total. The third kappa shape index (κ3) is 2.06. The molecule has 0 aromatic carbocycles. The highest BCUT2D eigenvalue weighted by atomic mass is 16.1. The van der Waals surface area contributed by atoms with Gasteiger partial charge in [-0.05, 0) is 12.8 Å². The van der Waals surface area contributed by atoms with Gasteiger partial charge in [0.05, 0.1) is 12.5 Å². The Morgan fingerprint density at radius 2 is 2.44 bits per heavy atom. The van der Waals surface area contributed by atoms with E-state index in [9.17, 15) is 4.79 Å². The lowest BCUT2D eigenvalue weighted by Crippen LogP contribution is -2.34. The number of hydrogen-bond donors (Lipinski definition) is 0. The van der Waals surface area contributed by atoms with Gasteiger partial charge in [-0.3, -0.25) is 4.79 Å². The molecule has 0 amide bonds. The Morgan fingerprint density at radius 1 is 1.69 bits per heavy atom. The molecule has 0 bridgehead atoms. The molecule has 1 fully saturated rings. The van der Waals surface area contributed by atoms with E-state index in [2.05, 4.69) is 11.1 Å². The van der Waals surface area contributed by atoms with Crippen molar-refractivity contribution >= 4 is 5.82 Å². The van der Waals surface area contributed by atoms with Crippen LogP contribution in [0.1, 0.15) is 19.3 Å². The fourth-order valence-electron chi connectivity index (χ4n) is 1.70. The molecule has 0 spiro atoms. The number of nitriles is 1. The molecule has 0 atom stereocenters. The number of aromatic nitrogens is 2. The van der Waals surface area contributed by atoms with Gasteiger partial charge in [-0.2, -0.15) is 5.26 Å². The monoisotopic (exact) mass is 218 g/mol. The summed E-state index contributed by atoms with van der Waals surface area (Å²) in [5.74, 6) is 0.475. The van der Waals surface area contributed by atoms with E-state index in [1.165, 1.54) is 4.57 Å². The van der Waals surface area contributed by atoms with Gasteiger partial charge in [0.25, 0.3) is 5.56 Å². The van der Waals surface area contributed by atoms with Gasteiger partial charge in [-0.25, -0.2) is 4.98 Å². The maximum atomic E-state index is 11.9. The number of nitrogens with zero attached hydrogens (tertiary/aromatic N) is 4. The van der Waals surface area contributed by atoms with Crippen LogP contribution in [0.25, 0.3) is 0 Å². The Kier molecular flexibility index (Phi) is 2.91. The van der Waals surface area contributed by atoms with Gasteiger partial charge in [0.1, 0.15) is 0 Å². The Balaban J connectivity index is 2.28.